The predicted molar refractivity (Wildman–Crippen MR) is 106 cm³/mol. The topological polar surface area (TPSA) is 115 Å². The fraction of sp³-hybridized carbons (Fsp3) is 0.474. The number of fused-ring (bicyclic) bond motifs is 1. The molecule has 0 spiro atoms. The fourth-order valence-electron chi connectivity index (χ4n) is 3.21. The van der Waals surface area contributed by atoms with Gasteiger partial charge in [-0.3, -0.25) is 14.4 Å². The van der Waals surface area contributed by atoms with Crippen molar-refractivity contribution < 1.29 is 19.1 Å². The minimum Gasteiger partial charge on any atom is -0.370 e. The number of carbonyl (C=O) groups excluding carboxylic acids is 3. The molecule has 1 saturated heterocycles. The SMILES string of the molecule is CC(C)NC(=O)c1sc2ncccc2c1[C@H]1CN(C(=O)CCC(N)=O)CCO1. The van der Waals surface area contributed by atoms with Gasteiger partial charge in [0.15, 0.2) is 0 Å². The molecular weight excluding hydrogens is 380 g/mol. The molecule has 1 aliphatic heterocycles. The van der Waals surface area contributed by atoms with Gasteiger partial charge in [-0.05, 0) is 19.9 Å². The number of carbonyl (C=O) groups is 3. The number of thiophene rings is 1. The summed E-state index contributed by atoms with van der Waals surface area (Å²) in [7, 11) is 0. The first-order valence-corrected chi connectivity index (χ1v) is 10.0. The summed E-state index contributed by atoms with van der Waals surface area (Å²) in [5.74, 6) is -0.813. The van der Waals surface area contributed by atoms with E-state index in [2.05, 4.69) is 10.3 Å². The highest BCUT2D eigenvalue weighted by Gasteiger charge is 2.31. The van der Waals surface area contributed by atoms with E-state index in [0.717, 1.165) is 15.8 Å². The molecule has 0 saturated carbocycles. The molecule has 1 fully saturated rings. The molecule has 9 heteroatoms. The third-order valence-corrected chi connectivity index (χ3v) is 5.59. The lowest BCUT2D eigenvalue weighted by atomic mass is 10.0. The smallest absolute Gasteiger partial charge is 0.262 e. The van der Waals surface area contributed by atoms with Crippen molar-refractivity contribution in [2.45, 2.75) is 38.8 Å². The van der Waals surface area contributed by atoms with Crippen molar-refractivity contribution in [1.29, 1.82) is 0 Å². The number of primary amides is 1. The van der Waals surface area contributed by atoms with Crippen LogP contribution >= 0.6 is 11.3 Å². The van der Waals surface area contributed by atoms with Crippen LogP contribution < -0.4 is 11.1 Å². The van der Waals surface area contributed by atoms with E-state index in [0.29, 0.717) is 24.6 Å². The summed E-state index contributed by atoms with van der Waals surface area (Å²) in [6.45, 7) is 4.93. The molecule has 0 aromatic carbocycles. The summed E-state index contributed by atoms with van der Waals surface area (Å²) in [6.07, 6.45) is 1.36. The number of nitrogens with zero attached hydrogens (tertiary/aromatic N) is 2. The number of ether oxygens (including phenoxy) is 1. The third-order valence-electron chi connectivity index (χ3n) is 4.46. The molecule has 0 aliphatic carbocycles. The third kappa shape index (κ3) is 4.48. The minimum absolute atomic E-state index is 0.00216. The number of rotatable bonds is 6. The number of hydrogen-bond donors (Lipinski definition) is 2. The Morgan fingerprint density at radius 2 is 2.18 bits per heavy atom. The number of nitrogens with one attached hydrogen (secondary N) is 1. The molecule has 3 amide bonds. The van der Waals surface area contributed by atoms with Crippen LogP contribution in [-0.4, -0.2) is 53.3 Å². The minimum atomic E-state index is -0.499. The highest BCUT2D eigenvalue weighted by Crippen LogP contribution is 2.37. The van der Waals surface area contributed by atoms with Gasteiger partial charge in [0.25, 0.3) is 5.91 Å². The second kappa shape index (κ2) is 8.66. The summed E-state index contributed by atoms with van der Waals surface area (Å²) in [4.78, 5) is 43.5. The van der Waals surface area contributed by atoms with E-state index >= 15 is 0 Å². The Labute approximate surface area is 167 Å². The normalized spacial score (nSPS) is 17.1. The first kappa shape index (κ1) is 20.2. The lowest BCUT2D eigenvalue weighted by molar-refractivity contribution is -0.140. The lowest BCUT2D eigenvalue weighted by Gasteiger charge is -2.33. The van der Waals surface area contributed by atoms with Crippen molar-refractivity contribution in [2.24, 2.45) is 5.73 Å². The van der Waals surface area contributed by atoms with Gasteiger partial charge in [-0.15, -0.1) is 11.3 Å². The Kier molecular flexibility index (Phi) is 6.25. The molecule has 0 bridgehead atoms. The fourth-order valence-corrected chi connectivity index (χ4v) is 4.30. The number of nitrogens with two attached hydrogens (primary N) is 1. The van der Waals surface area contributed by atoms with Gasteiger partial charge >= 0.3 is 0 Å². The van der Waals surface area contributed by atoms with Gasteiger partial charge < -0.3 is 20.7 Å². The van der Waals surface area contributed by atoms with Crippen molar-refractivity contribution in [3.63, 3.8) is 0 Å². The molecule has 2 aromatic rings. The van der Waals surface area contributed by atoms with Crippen LogP contribution in [-0.2, 0) is 14.3 Å². The zero-order chi connectivity index (χ0) is 20.3. The number of aromatic nitrogens is 1. The average Bonchev–Trinajstić information content (AvgIpc) is 3.05. The monoisotopic (exact) mass is 404 g/mol. The molecule has 0 radical (unpaired) electrons. The van der Waals surface area contributed by atoms with Crippen molar-refractivity contribution in [3.05, 3.63) is 28.8 Å². The molecule has 150 valence electrons. The van der Waals surface area contributed by atoms with Gasteiger partial charge in [0, 0.05) is 42.6 Å². The maximum atomic E-state index is 12.8. The quantitative estimate of drug-likeness (QED) is 0.759. The standard InChI is InChI=1S/C19H24N4O4S/c1-11(2)22-18(26)17-16(12-4-3-7-21-19(12)28-17)13-10-23(8-9-27-13)15(25)6-5-14(20)24/h3-4,7,11,13H,5-6,8-10H2,1-2H3,(H2,20,24)(H,22,26)/t13-/m1/s1. The van der Waals surface area contributed by atoms with Crippen molar-refractivity contribution in [2.75, 3.05) is 19.7 Å². The summed E-state index contributed by atoms with van der Waals surface area (Å²) < 4.78 is 5.95. The first-order valence-electron chi connectivity index (χ1n) is 9.22. The van der Waals surface area contributed by atoms with Crippen LogP contribution in [0.3, 0.4) is 0 Å². The van der Waals surface area contributed by atoms with Crippen LogP contribution in [0.2, 0.25) is 0 Å². The maximum absolute atomic E-state index is 12.8. The van der Waals surface area contributed by atoms with E-state index in [1.807, 2.05) is 26.0 Å². The molecule has 2 aromatic heterocycles. The van der Waals surface area contributed by atoms with Gasteiger partial charge in [-0.2, -0.15) is 0 Å². The van der Waals surface area contributed by atoms with Gasteiger partial charge in [-0.25, -0.2) is 4.98 Å². The lowest BCUT2D eigenvalue weighted by Crippen LogP contribution is -2.43. The molecule has 3 heterocycles. The summed E-state index contributed by atoms with van der Waals surface area (Å²) in [6, 6.07) is 3.73. The maximum Gasteiger partial charge on any atom is 0.262 e. The van der Waals surface area contributed by atoms with E-state index in [1.54, 1.807) is 11.1 Å². The second-order valence-corrected chi connectivity index (χ2v) is 7.99. The number of amides is 3. The van der Waals surface area contributed by atoms with Gasteiger partial charge in [-0.1, -0.05) is 6.07 Å². The van der Waals surface area contributed by atoms with Crippen LogP contribution in [0.5, 0.6) is 0 Å². The Balaban J connectivity index is 1.90. The Hall–Kier alpha value is -2.52. The van der Waals surface area contributed by atoms with E-state index in [4.69, 9.17) is 10.5 Å². The molecular formula is C19H24N4O4S. The molecule has 0 unspecified atom stereocenters. The van der Waals surface area contributed by atoms with Gasteiger partial charge in [0.1, 0.15) is 15.8 Å². The van der Waals surface area contributed by atoms with Crippen molar-refractivity contribution in [3.8, 4) is 0 Å². The summed E-state index contributed by atoms with van der Waals surface area (Å²) in [5, 5.41) is 3.78. The Morgan fingerprint density at radius 3 is 2.89 bits per heavy atom. The summed E-state index contributed by atoms with van der Waals surface area (Å²) in [5.41, 5.74) is 5.91. The van der Waals surface area contributed by atoms with Crippen LogP contribution in [0, 0.1) is 0 Å². The van der Waals surface area contributed by atoms with Gasteiger partial charge in [0.05, 0.1) is 13.2 Å². The Morgan fingerprint density at radius 1 is 1.39 bits per heavy atom. The van der Waals surface area contributed by atoms with E-state index < -0.39 is 12.0 Å². The highest BCUT2D eigenvalue weighted by atomic mass is 32.1. The molecule has 28 heavy (non-hydrogen) atoms. The number of pyridine rings is 1. The van der Waals surface area contributed by atoms with E-state index in [-0.39, 0.29) is 30.7 Å². The molecule has 8 nitrogen and oxygen atoms in total. The van der Waals surface area contributed by atoms with E-state index in [1.165, 1.54) is 11.3 Å². The zero-order valence-electron chi connectivity index (χ0n) is 15.9. The predicted octanol–water partition coefficient (Wildman–Crippen LogP) is 1.60. The van der Waals surface area contributed by atoms with Gasteiger partial charge in [0.2, 0.25) is 11.8 Å². The number of morpholine rings is 1. The van der Waals surface area contributed by atoms with Crippen LogP contribution in [0.25, 0.3) is 10.2 Å². The van der Waals surface area contributed by atoms with E-state index in [9.17, 15) is 14.4 Å². The van der Waals surface area contributed by atoms with Crippen molar-refractivity contribution >= 4 is 39.3 Å². The molecule has 1 aliphatic rings. The molecule has 3 rings (SSSR count). The number of hydrogen-bond acceptors (Lipinski definition) is 6. The molecule has 3 N–H and O–H groups in total. The van der Waals surface area contributed by atoms with Crippen LogP contribution in [0.4, 0.5) is 0 Å². The molecule has 1 atom stereocenters. The zero-order valence-corrected chi connectivity index (χ0v) is 16.8. The highest BCUT2D eigenvalue weighted by molar-refractivity contribution is 7.20. The second-order valence-electron chi connectivity index (χ2n) is 6.99. The largest absolute Gasteiger partial charge is 0.370 e. The summed E-state index contributed by atoms with van der Waals surface area (Å²) >= 11 is 1.32. The van der Waals surface area contributed by atoms with Crippen LogP contribution in [0.1, 0.15) is 48.0 Å². The first-order chi connectivity index (χ1) is 13.4. The average molecular weight is 404 g/mol. The van der Waals surface area contributed by atoms with Crippen LogP contribution in [0.15, 0.2) is 18.3 Å². The van der Waals surface area contributed by atoms with Crippen molar-refractivity contribution in [1.82, 2.24) is 15.2 Å². The Bertz CT molecular complexity index is 895.